The molecule has 1 saturated carbocycles. The van der Waals surface area contributed by atoms with Gasteiger partial charge in [-0.2, -0.15) is 5.10 Å². The Hall–Kier alpha value is -1.19. The minimum atomic E-state index is 0.496. The number of nitrogens with two attached hydrogens (primary N) is 1. The number of nitrogen functional groups attached to an aromatic ring is 1. The van der Waals surface area contributed by atoms with Crippen LogP contribution in [-0.2, 0) is 7.05 Å². The van der Waals surface area contributed by atoms with Crippen LogP contribution < -0.4 is 5.73 Å². The van der Waals surface area contributed by atoms with E-state index in [9.17, 15) is 0 Å². The zero-order valence-corrected chi connectivity index (χ0v) is 11.5. The smallest absolute Gasteiger partial charge is 0.129 e. The third-order valence-electron chi connectivity index (χ3n) is 3.30. The van der Waals surface area contributed by atoms with E-state index in [0.29, 0.717) is 21.8 Å². The molecule has 2 aromatic rings. The van der Waals surface area contributed by atoms with Gasteiger partial charge < -0.3 is 5.73 Å². The molecular weight excluding hydrogens is 269 g/mol. The van der Waals surface area contributed by atoms with Gasteiger partial charge in [0, 0.05) is 18.5 Å². The van der Waals surface area contributed by atoms with Crippen LogP contribution >= 0.6 is 23.2 Å². The second-order valence-corrected chi connectivity index (χ2v) is 5.45. The Morgan fingerprint density at radius 3 is 2.39 bits per heavy atom. The van der Waals surface area contributed by atoms with Crippen LogP contribution in [0.15, 0.2) is 18.2 Å². The molecule has 1 heterocycles. The summed E-state index contributed by atoms with van der Waals surface area (Å²) < 4.78 is 1.70. The zero-order valence-electron chi connectivity index (χ0n) is 9.95. The molecule has 0 amide bonds. The molecule has 2 N–H and O–H groups in total. The largest absolute Gasteiger partial charge is 0.383 e. The molecular formula is C13H13Cl2N3. The summed E-state index contributed by atoms with van der Waals surface area (Å²) in [6, 6.07) is 5.48. The van der Waals surface area contributed by atoms with Crippen LogP contribution in [0, 0.1) is 0 Å². The van der Waals surface area contributed by atoms with Gasteiger partial charge in [-0.1, -0.05) is 29.3 Å². The highest BCUT2D eigenvalue weighted by atomic mass is 35.5. The monoisotopic (exact) mass is 281 g/mol. The maximum atomic E-state index is 6.27. The summed E-state index contributed by atoms with van der Waals surface area (Å²) in [4.78, 5) is 0. The van der Waals surface area contributed by atoms with E-state index in [-0.39, 0.29) is 0 Å². The molecule has 1 aromatic carbocycles. The summed E-state index contributed by atoms with van der Waals surface area (Å²) in [6.07, 6.45) is 2.32. The standard InChI is InChI=1S/C13H13Cl2N3/c1-18-13(16)11(12(17-18)7-5-6-7)10-8(14)3-2-4-9(10)15/h2-4,7H,5-6,16H2,1H3. The van der Waals surface area contributed by atoms with E-state index in [1.807, 2.05) is 25.2 Å². The van der Waals surface area contributed by atoms with Gasteiger partial charge in [0.1, 0.15) is 5.82 Å². The number of rotatable bonds is 2. The van der Waals surface area contributed by atoms with Gasteiger partial charge in [-0.05, 0) is 25.0 Å². The molecule has 1 aliphatic rings. The second-order valence-electron chi connectivity index (χ2n) is 4.64. The number of aryl methyl sites for hydroxylation is 1. The van der Waals surface area contributed by atoms with Crippen molar-refractivity contribution in [3.63, 3.8) is 0 Å². The Morgan fingerprint density at radius 2 is 1.83 bits per heavy atom. The molecule has 5 heteroatoms. The van der Waals surface area contributed by atoms with Crippen LogP contribution in [-0.4, -0.2) is 9.78 Å². The van der Waals surface area contributed by atoms with Crippen LogP contribution in [0.1, 0.15) is 24.5 Å². The first-order chi connectivity index (χ1) is 8.59. The van der Waals surface area contributed by atoms with Gasteiger partial charge in [0.2, 0.25) is 0 Å². The zero-order chi connectivity index (χ0) is 12.9. The lowest BCUT2D eigenvalue weighted by molar-refractivity contribution is 0.753. The van der Waals surface area contributed by atoms with Crippen molar-refractivity contribution >= 4 is 29.0 Å². The van der Waals surface area contributed by atoms with Crippen LogP contribution in [0.2, 0.25) is 10.0 Å². The van der Waals surface area contributed by atoms with Gasteiger partial charge in [-0.25, -0.2) is 0 Å². The first-order valence-corrected chi connectivity index (χ1v) is 6.62. The minimum absolute atomic E-state index is 0.496. The quantitative estimate of drug-likeness (QED) is 0.909. The van der Waals surface area contributed by atoms with Crippen LogP contribution in [0.5, 0.6) is 0 Å². The maximum Gasteiger partial charge on any atom is 0.129 e. The van der Waals surface area contributed by atoms with Crippen molar-refractivity contribution in [2.45, 2.75) is 18.8 Å². The topological polar surface area (TPSA) is 43.8 Å². The molecule has 1 aliphatic carbocycles. The van der Waals surface area contributed by atoms with Gasteiger partial charge in [-0.3, -0.25) is 4.68 Å². The Morgan fingerprint density at radius 1 is 1.22 bits per heavy atom. The molecule has 3 rings (SSSR count). The average molecular weight is 282 g/mol. The molecule has 0 spiro atoms. The van der Waals surface area contributed by atoms with E-state index < -0.39 is 0 Å². The fraction of sp³-hybridized carbons (Fsp3) is 0.308. The summed E-state index contributed by atoms with van der Waals surface area (Å²) in [6.45, 7) is 0. The highest BCUT2D eigenvalue weighted by molar-refractivity contribution is 6.39. The van der Waals surface area contributed by atoms with Gasteiger partial charge in [-0.15, -0.1) is 0 Å². The highest BCUT2D eigenvalue weighted by Gasteiger charge is 2.32. The van der Waals surface area contributed by atoms with Crippen LogP contribution in [0.3, 0.4) is 0 Å². The molecule has 0 radical (unpaired) electrons. The maximum absolute atomic E-state index is 6.27. The second kappa shape index (κ2) is 4.18. The van der Waals surface area contributed by atoms with Crippen molar-refractivity contribution in [2.75, 3.05) is 5.73 Å². The summed E-state index contributed by atoms with van der Waals surface area (Å²) in [5.41, 5.74) is 8.84. The third kappa shape index (κ3) is 1.78. The summed E-state index contributed by atoms with van der Waals surface area (Å²) in [5.74, 6) is 1.11. The Labute approximate surface area is 115 Å². The van der Waals surface area contributed by atoms with Crippen molar-refractivity contribution in [3.8, 4) is 11.1 Å². The van der Waals surface area contributed by atoms with Crippen LogP contribution in [0.25, 0.3) is 11.1 Å². The average Bonchev–Trinajstić information content (AvgIpc) is 3.11. The predicted molar refractivity (Wildman–Crippen MR) is 75.1 cm³/mol. The lowest BCUT2D eigenvalue weighted by atomic mass is 10.0. The van der Waals surface area contributed by atoms with E-state index >= 15 is 0 Å². The molecule has 1 aromatic heterocycles. The Bertz CT molecular complexity index is 595. The summed E-state index contributed by atoms with van der Waals surface area (Å²) in [7, 11) is 1.84. The van der Waals surface area contributed by atoms with Crippen LogP contribution in [0.4, 0.5) is 5.82 Å². The van der Waals surface area contributed by atoms with Gasteiger partial charge in [0.25, 0.3) is 0 Å². The van der Waals surface area contributed by atoms with Crippen molar-refractivity contribution in [1.29, 1.82) is 0 Å². The molecule has 0 aliphatic heterocycles. The molecule has 1 fully saturated rings. The van der Waals surface area contributed by atoms with Gasteiger partial charge >= 0.3 is 0 Å². The van der Waals surface area contributed by atoms with Gasteiger partial charge in [0.15, 0.2) is 0 Å². The fourth-order valence-electron chi connectivity index (χ4n) is 2.19. The first-order valence-electron chi connectivity index (χ1n) is 5.86. The molecule has 0 saturated heterocycles. The third-order valence-corrected chi connectivity index (χ3v) is 3.93. The number of aromatic nitrogens is 2. The summed E-state index contributed by atoms with van der Waals surface area (Å²) in [5, 5.41) is 5.73. The van der Waals surface area contributed by atoms with Crippen molar-refractivity contribution in [2.24, 2.45) is 7.05 Å². The molecule has 0 unspecified atom stereocenters. The van der Waals surface area contributed by atoms with E-state index in [4.69, 9.17) is 28.9 Å². The number of nitrogens with zero attached hydrogens (tertiary/aromatic N) is 2. The van der Waals surface area contributed by atoms with E-state index in [0.717, 1.165) is 29.7 Å². The number of hydrogen-bond acceptors (Lipinski definition) is 2. The molecule has 94 valence electrons. The molecule has 3 nitrogen and oxygen atoms in total. The van der Waals surface area contributed by atoms with E-state index in [2.05, 4.69) is 5.10 Å². The Balaban J connectivity index is 2.28. The van der Waals surface area contributed by atoms with Crippen molar-refractivity contribution in [3.05, 3.63) is 33.9 Å². The number of halogens is 2. The summed E-state index contributed by atoms with van der Waals surface area (Å²) >= 11 is 12.5. The minimum Gasteiger partial charge on any atom is -0.383 e. The number of anilines is 1. The van der Waals surface area contributed by atoms with E-state index in [1.54, 1.807) is 4.68 Å². The lowest BCUT2D eigenvalue weighted by Crippen LogP contribution is -1.98. The predicted octanol–water partition coefficient (Wildman–Crippen LogP) is 3.85. The fourth-order valence-corrected chi connectivity index (χ4v) is 2.78. The molecule has 18 heavy (non-hydrogen) atoms. The Kier molecular flexibility index (Phi) is 2.76. The lowest BCUT2D eigenvalue weighted by Gasteiger charge is -2.08. The van der Waals surface area contributed by atoms with Gasteiger partial charge in [0.05, 0.1) is 21.3 Å². The molecule has 0 atom stereocenters. The number of benzene rings is 1. The van der Waals surface area contributed by atoms with Crippen molar-refractivity contribution in [1.82, 2.24) is 9.78 Å². The van der Waals surface area contributed by atoms with E-state index in [1.165, 1.54) is 0 Å². The highest BCUT2D eigenvalue weighted by Crippen LogP contribution is 2.48. The molecule has 0 bridgehead atoms. The normalized spacial score (nSPS) is 15.1. The number of hydrogen-bond donors (Lipinski definition) is 1. The van der Waals surface area contributed by atoms with Crippen molar-refractivity contribution < 1.29 is 0 Å². The first kappa shape index (κ1) is 11.9. The SMILES string of the molecule is Cn1nc(C2CC2)c(-c2c(Cl)cccc2Cl)c1N.